The van der Waals surface area contributed by atoms with Crippen molar-refractivity contribution in [3.8, 4) is 5.69 Å². The summed E-state index contributed by atoms with van der Waals surface area (Å²) in [4.78, 5) is 22.7. The smallest absolute Gasteiger partial charge is 0.339 e. The lowest BCUT2D eigenvalue weighted by Gasteiger charge is -2.06. The predicted octanol–water partition coefficient (Wildman–Crippen LogP) is 2.45. The molecule has 6 heteroatoms. The van der Waals surface area contributed by atoms with Gasteiger partial charge in [0.15, 0.2) is 0 Å². The molecule has 1 aromatic heterocycles. The highest BCUT2D eigenvalue weighted by Crippen LogP contribution is 2.15. The number of carboxylic acid groups (broad SMARTS) is 1. The molecule has 0 amide bonds. The second kappa shape index (κ2) is 6.21. The minimum atomic E-state index is -1.02. The molecule has 0 aliphatic rings. The number of nitrogens with zero attached hydrogens (tertiary/aromatic N) is 2. The molecule has 0 aliphatic heterocycles. The molecule has 0 unspecified atom stereocenters. The van der Waals surface area contributed by atoms with Crippen LogP contribution in [0.25, 0.3) is 5.69 Å². The van der Waals surface area contributed by atoms with E-state index in [0.29, 0.717) is 23.6 Å². The Morgan fingerprint density at radius 3 is 2.48 bits per heavy atom. The fourth-order valence-electron chi connectivity index (χ4n) is 1.90. The number of carbonyl (C=O) groups is 2. The topological polar surface area (TPSA) is 81.4 Å². The molecular weight excluding hydrogens is 272 g/mol. The summed E-state index contributed by atoms with van der Waals surface area (Å²) < 4.78 is 6.56. The number of aromatic nitrogens is 2. The second-order valence-corrected chi connectivity index (χ2v) is 4.54. The van der Waals surface area contributed by atoms with Gasteiger partial charge in [0.25, 0.3) is 0 Å². The molecule has 0 saturated carbocycles. The summed E-state index contributed by atoms with van der Waals surface area (Å²) >= 11 is 0. The maximum atomic E-state index is 11.7. The third kappa shape index (κ3) is 3.10. The van der Waals surface area contributed by atoms with Gasteiger partial charge in [0, 0.05) is 0 Å². The first-order chi connectivity index (χ1) is 10.0. The molecule has 1 N–H and O–H groups in total. The zero-order valence-electron chi connectivity index (χ0n) is 11.9. The van der Waals surface area contributed by atoms with Gasteiger partial charge in [0.1, 0.15) is 5.56 Å². The van der Waals surface area contributed by atoms with Crippen LogP contribution in [0, 0.1) is 6.92 Å². The number of ether oxygens (including phenoxy) is 1. The molecule has 21 heavy (non-hydrogen) atoms. The second-order valence-electron chi connectivity index (χ2n) is 4.54. The van der Waals surface area contributed by atoms with Crippen LogP contribution in [-0.4, -0.2) is 33.4 Å². The van der Waals surface area contributed by atoms with E-state index in [1.54, 1.807) is 31.2 Å². The Morgan fingerprint density at radius 1 is 1.29 bits per heavy atom. The van der Waals surface area contributed by atoms with Gasteiger partial charge in [-0.05, 0) is 37.6 Å². The molecule has 0 spiro atoms. The fourth-order valence-corrected chi connectivity index (χ4v) is 1.90. The Hall–Kier alpha value is -2.63. The van der Waals surface area contributed by atoms with Crippen molar-refractivity contribution < 1.29 is 19.4 Å². The van der Waals surface area contributed by atoms with Crippen LogP contribution in [0.5, 0.6) is 0 Å². The maximum absolute atomic E-state index is 11.7. The van der Waals surface area contributed by atoms with Crippen molar-refractivity contribution in [2.45, 2.75) is 20.3 Å². The predicted molar refractivity (Wildman–Crippen MR) is 75.8 cm³/mol. The van der Waals surface area contributed by atoms with E-state index in [-0.39, 0.29) is 11.5 Å². The molecule has 2 rings (SSSR count). The number of benzene rings is 1. The van der Waals surface area contributed by atoms with Crippen molar-refractivity contribution in [1.29, 1.82) is 0 Å². The molecule has 110 valence electrons. The first-order valence-electron chi connectivity index (χ1n) is 6.60. The summed E-state index contributed by atoms with van der Waals surface area (Å²) in [7, 11) is 0. The summed E-state index contributed by atoms with van der Waals surface area (Å²) in [5, 5.41) is 13.1. The molecular formula is C15H16N2O4. The Bertz CT molecular complexity index is 659. The van der Waals surface area contributed by atoms with Crippen molar-refractivity contribution in [2.24, 2.45) is 0 Å². The Labute approximate surface area is 122 Å². The summed E-state index contributed by atoms with van der Waals surface area (Å²) in [5.74, 6) is -1.38. The number of rotatable bonds is 5. The van der Waals surface area contributed by atoms with Crippen LogP contribution in [-0.2, 0) is 4.74 Å². The Balaban J connectivity index is 2.23. The van der Waals surface area contributed by atoms with Gasteiger partial charge in [-0.25, -0.2) is 14.3 Å². The molecule has 0 fully saturated rings. The lowest BCUT2D eigenvalue weighted by molar-refractivity contribution is 0.0504. The largest absolute Gasteiger partial charge is 0.478 e. The number of carboxylic acids is 1. The zero-order chi connectivity index (χ0) is 15.4. The van der Waals surface area contributed by atoms with E-state index < -0.39 is 5.97 Å². The van der Waals surface area contributed by atoms with Crippen molar-refractivity contribution in [3.05, 3.63) is 47.3 Å². The van der Waals surface area contributed by atoms with E-state index >= 15 is 0 Å². The average Bonchev–Trinajstić information content (AvgIpc) is 2.87. The monoisotopic (exact) mass is 288 g/mol. The van der Waals surface area contributed by atoms with Crippen LogP contribution < -0.4 is 0 Å². The number of hydrogen-bond donors (Lipinski definition) is 1. The highest BCUT2D eigenvalue weighted by atomic mass is 16.5. The van der Waals surface area contributed by atoms with Crippen LogP contribution in [0.2, 0.25) is 0 Å². The van der Waals surface area contributed by atoms with Gasteiger partial charge in [-0.15, -0.1) is 0 Å². The van der Waals surface area contributed by atoms with E-state index in [9.17, 15) is 9.59 Å². The third-order valence-electron chi connectivity index (χ3n) is 3.03. The number of hydrogen-bond acceptors (Lipinski definition) is 4. The fraction of sp³-hybridized carbons (Fsp3) is 0.267. The third-order valence-corrected chi connectivity index (χ3v) is 3.03. The maximum Gasteiger partial charge on any atom is 0.339 e. The Morgan fingerprint density at radius 2 is 1.95 bits per heavy atom. The highest BCUT2D eigenvalue weighted by molar-refractivity contribution is 5.90. The van der Waals surface area contributed by atoms with Gasteiger partial charge in [0.2, 0.25) is 0 Å². The van der Waals surface area contributed by atoms with Crippen LogP contribution in [0.15, 0.2) is 30.5 Å². The molecule has 0 atom stereocenters. The lowest BCUT2D eigenvalue weighted by Crippen LogP contribution is -2.07. The quantitative estimate of drug-likeness (QED) is 0.855. The van der Waals surface area contributed by atoms with Gasteiger partial charge in [-0.2, -0.15) is 5.10 Å². The molecule has 2 aromatic rings. The van der Waals surface area contributed by atoms with E-state index in [1.807, 2.05) is 6.92 Å². The normalized spacial score (nSPS) is 10.4. The Kier molecular flexibility index (Phi) is 4.37. The summed E-state index contributed by atoms with van der Waals surface area (Å²) in [6, 6.07) is 6.67. The SMILES string of the molecule is CCCOC(=O)c1ccc(-n2ncc(C(=O)O)c2C)cc1. The molecule has 1 aromatic carbocycles. The van der Waals surface area contributed by atoms with Crippen LogP contribution in [0.1, 0.15) is 39.8 Å². The van der Waals surface area contributed by atoms with Gasteiger partial charge in [-0.1, -0.05) is 6.92 Å². The molecule has 6 nitrogen and oxygen atoms in total. The number of aromatic carboxylic acids is 1. The molecule has 0 aliphatic carbocycles. The van der Waals surface area contributed by atoms with E-state index in [1.165, 1.54) is 10.9 Å². The minimum Gasteiger partial charge on any atom is -0.478 e. The first-order valence-corrected chi connectivity index (χ1v) is 6.60. The molecule has 0 radical (unpaired) electrons. The number of carbonyl (C=O) groups excluding carboxylic acids is 1. The van der Waals surface area contributed by atoms with Gasteiger partial charge in [-0.3, -0.25) is 0 Å². The van der Waals surface area contributed by atoms with Crippen molar-refractivity contribution >= 4 is 11.9 Å². The summed E-state index contributed by atoms with van der Waals surface area (Å²) in [5.41, 5.74) is 1.83. The van der Waals surface area contributed by atoms with E-state index in [0.717, 1.165) is 6.42 Å². The van der Waals surface area contributed by atoms with E-state index in [4.69, 9.17) is 9.84 Å². The standard InChI is InChI=1S/C15H16N2O4/c1-3-8-21-15(20)11-4-6-12(7-5-11)17-10(2)13(9-16-17)14(18)19/h4-7,9H,3,8H2,1-2H3,(H,18,19). The molecule has 0 bridgehead atoms. The minimum absolute atomic E-state index is 0.154. The first kappa shape index (κ1) is 14.8. The van der Waals surface area contributed by atoms with Crippen molar-refractivity contribution in [2.75, 3.05) is 6.61 Å². The van der Waals surface area contributed by atoms with Crippen LogP contribution >= 0.6 is 0 Å². The summed E-state index contributed by atoms with van der Waals surface area (Å²) in [6.07, 6.45) is 2.08. The molecule has 1 heterocycles. The van der Waals surface area contributed by atoms with Gasteiger partial charge >= 0.3 is 11.9 Å². The van der Waals surface area contributed by atoms with Gasteiger partial charge < -0.3 is 9.84 Å². The molecule has 0 saturated heterocycles. The van der Waals surface area contributed by atoms with Crippen LogP contribution in [0.3, 0.4) is 0 Å². The summed E-state index contributed by atoms with van der Waals surface area (Å²) in [6.45, 7) is 4.00. The number of esters is 1. The van der Waals surface area contributed by atoms with Gasteiger partial charge in [0.05, 0.1) is 29.7 Å². The van der Waals surface area contributed by atoms with Crippen molar-refractivity contribution in [1.82, 2.24) is 9.78 Å². The average molecular weight is 288 g/mol. The van der Waals surface area contributed by atoms with Crippen molar-refractivity contribution in [3.63, 3.8) is 0 Å². The van der Waals surface area contributed by atoms with E-state index in [2.05, 4.69) is 5.10 Å². The zero-order valence-corrected chi connectivity index (χ0v) is 11.9. The highest BCUT2D eigenvalue weighted by Gasteiger charge is 2.14. The lowest BCUT2D eigenvalue weighted by atomic mass is 10.2. The van der Waals surface area contributed by atoms with Crippen LogP contribution in [0.4, 0.5) is 0 Å².